The number of carbonyl (C=O) groups is 3. The minimum atomic E-state index is -0.990. The lowest BCUT2D eigenvalue weighted by Gasteiger charge is -2.38. The molecule has 0 saturated carbocycles. The van der Waals surface area contributed by atoms with E-state index < -0.39 is 41.5 Å². The molecule has 2 amide bonds. The standard InChI is InChI=1S/C35H24N2O6S/c36-15-24-20-7-3-4-8-27(20)44-34(24)37-32(38)28-22(18-10-12-25-26(13-18)42-16-41-25)14-23-21-11-9-17-5-1-2-6-19(17)31(21)43-35(40)29(23)30(28)33(37)39/h1-2,5-6,9-14,22,28-30H,3-4,7-8,16H2/t22-,28-,29-,30+/m1/s1. The highest BCUT2D eigenvalue weighted by atomic mass is 32.1. The number of hydrogen-bond donors (Lipinski definition) is 0. The molecule has 8 nitrogen and oxygen atoms in total. The number of esters is 1. The molecule has 0 bridgehead atoms. The third kappa shape index (κ3) is 3.40. The molecule has 3 aromatic carbocycles. The molecule has 1 saturated heterocycles. The number of carbonyl (C=O) groups excluding carboxylic acids is 3. The van der Waals surface area contributed by atoms with E-state index in [0.29, 0.717) is 33.4 Å². The van der Waals surface area contributed by atoms with Gasteiger partial charge in [-0.1, -0.05) is 48.5 Å². The summed E-state index contributed by atoms with van der Waals surface area (Å²) >= 11 is 1.36. The molecule has 1 fully saturated rings. The second kappa shape index (κ2) is 9.28. The Kier molecular flexibility index (Phi) is 5.39. The van der Waals surface area contributed by atoms with Crippen LogP contribution in [0.5, 0.6) is 17.2 Å². The number of allylic oxidation sites excluding steroid dienone is 1. The first kappa shape index (κ1) is 25.5. The van der Waals surface area contributed by atoms with Gasteiger partial charge < -0.3 is 14.2 Å². The van der Waals surface area contributed by atoms with Crippen molar-refractivity contribution < 1.29 is 28.6 Å². The molecular formula is C35H24N2O6S. The topological polar surface area (TPSA) is 106 Å². The molecule has 4 aromatic rings. The van der Waals surface area contributed by atoms with Crippen LogP contribution in [-0.2, 0) is 27.2 Å². The molecular weight excluding hydrogens is 576 g/mol. The largest absolute Gasteiger partial charge is 0.454 e. The lowest BCUT2D eigenvalue weighted by molar-refractivity contribution is -0.142. The number of thiophene rings is 1. The van der Waals surface area contributed by atoms with Gasteiger partial charge in [-0.2, -0.15) is 5.26 Å². The van der Waals surface area contributed by atoms with Crippen LogP contribution in [0.4, 0.5) is 5.00 Å². The SMILES string of the molecule is N#Cc1c(N2C(=O)[C@@H]3[C@@H]4C(=O)Oc5c(ccc6ccccc56)C4=C[C@H](c4ccc5c(c4)OCO5)[C@H]3C2=O)sc2c1CCCC2. The number of benzene rings is 3. The third-order valence-corrected chi connectivity index (χ3v) is 11.0. The van der Waals surface area contributed by atoms with E-state index in [1.807, 2.05) is 60.7 Å². The van der Waals surface area contributed by atoms with Crippen LogP contribution in [-0.4, -0.2) is 24.6 Å². The Morgan fingerprint density at radius 2 is 1.73 bits per heavy atom. The molecule has 5 aliphatic rings. The van der Waals surface area contributed by atoms with E-state index >= 15 is 0 Å². The van der Waals surface area contributed by atoms with Gasteiger partial charge in [0.15, 0.2) is 11.5 Å². The number of nitrogens with zero attached hydrogens (tertiary/aromatic N) is 2. The predicted octanol–water partition coefficient (Wildman–Crippen LogP) is 5.90. The van der Waals surface area contributed by atoms with E-state index in [4.69, 9.17) is 14.2 Å². The number of hydrogen-bond acceptors (Lipinski definition) is 8. The van der Waals surface area contributed by atoms with Crippen molar-refractivity contribution in [2.45, 2.75) is 31.6 Å². The number of nitriles is 1. The number of amides is 2. The molecule has 0 N–H and O–H groups in total. The summed E-state index contributed by atoms with van der Waals surface area (Å²) in [7, 11) is 0. The second-order valence-electron chi connectivity index (χ2n) is 11.9. The van der Waals surface area contributed by atoms with Crippen molar-refractivity contribution in [2.75, 3.05) is 11.7 Å². The van der Waals surface area contributed by atoms with Crippen molar-refractivity contribution in [3.63, 3.8) is 0 Å². The van der Waals surface area contributed by atoms with Gasteiger partial charge in [-0.05, 0) is 59.9 Å². The highest BCUT2D eigenvalue weighted by molar-refractivity contribution is 7.17. The van der Waals surface area contributed by atoms with E-state index in [1.165, 1.54) is 16.2 Å². The van der Waals surface area contributed by atoms with Gasteiger partial charge in [-0.15, -0.1) is 11.3 Å². The molecule has 3 aliphatic heterocycles. The Labute approximate surface area is 256 Å². The molecule has 0 radical (unpaired) electrons. The van der Waals surface area contributed by atoms with Crippen molar-refractivity contribution in [3.8, 4) is 23.3 Å². The Morgan fingerprint density at radius 1 is 0.909 bits per heavy atom. The second-order valence-corrected chi connectivity index (χ2v) is 13.0. The fourth-order valence-corrected chi connectivity index (χ4v) is 9.11. The maximum Gasteiger partial charge on any atom is 0.319 e. The van der Waals surface area contributed by atoms with Gasteiger partial charge in [0.1, 0.15) is 16.8 Å². The van der Waals surface area contributed by atoms with Crippen LogP contribution in [0.15, 0.2) is 60.7 Å². The van der Waals surface area contributed by atoms with Crippen LogP contribution in [0.2, 0.25) is 0 Å². The number of ether oxygens (including phenoxy) is 3. The molecule has 9 rings (SSSR count). The number of imide groups is 1. The van der Waals surface area contributed by atoms with Gasteiger partial charge in [-0.25, -0.2) is 4.90 Å². The summed E-state index contributed by atoms with van der Waals surface area (Å²) < 4.78 is 17.2. The fraction of sp³-hybridized carbons (Fsp3) is 0.257. The summed E-state index contributed by atoms with van der Waals surface area (Å²) in [5.41, 5.74) is 3.55. The van der Waals surface area contributed by atoms with Crippen LogP contribution in [0, 0.1) is 29.1 Å². The molecule has 0 unspecified atom stereocenters. The van der Waals surface area contributed by atoms with Gasteiger partial charge >= 0.3 is 5.97 Å². The molecule has 1 aromatic heterocycles. The van der Waals surface area contributed by atoms with E-state index in [9.17, 15) is 19.6 Å². The molecule has 2 aliphatic carbocycles. The summed E-state index contributed by atoms with van der Waals surface area (Å²) in [6.45, 7) is 0.107. The third-order valence-electron chi connectivity index (χ3n) is 9.73. The zero-order valence-corrected chi connectivity index (χ0v) is 24.2. The van der Waals surface area contributed by atoms with Crippen molar-refractivity contribution in [3.05, 3.63) is 87.8 Å². The Hall–Kier alpha value is -4.94. The monoisotopic (exact) mass is 600 g/mol. The van der Waals surface area contributed by atoms with Crippen LogP contribution in [0.3, 0.4) is 0 Å². The zero-order chi connectivity index (χ0) is 29.7. The fourth-order valence-electron chi connectivity index (χ4n) is 7.76. The number of fused-ring (bicyclic) bond motifs is 9. The number of rotatable bonds is 2. The molecule has 216 valence electrons. The van der Waals surface area contributed by atoms with Gasteiger partial charge in [0.05, 0.1) is 23.3 Å². The lowest BCUT2D eigenvalue weighted by atomic mass is 9.64. The van der Waals surface area contributed by atoms with Gasteiger partial charge in [0.2, 0.25) is 18.6 Å². The maximum atomic E-state index is 14.5. The van der Waals surface area contributed by atoms with Gasteiger partial charge in [0.25, 0.3) is 0 Å². The summed E-state index contributed by atoms with van der Waals surface area (Å²) in [4.78, 5) is 45.2. The van der Waals surface area contributed by atoms with E-state index in [1.54, 1.807) is 0 Å². The number of anilines is 1. The summed E-state index contributed by atoms with van der Waals surface area (Å²) in [6.07, 6.45) is 5.52. The van der Waals surface area contributed by atoms with Crippen LogP contribution < -0.4 is 19.1 Å². The summed E-state index contributed by atoms with van der Waals surface area (Å²) in [5.74, 6) is -3.11. The Bertz CT molecular complexity index is 2050. The quantitative estimate of drug-likeness (QED) is 0.160. The minimum Gasteiger partial charge on any atom is -0.454 e. The van der Waals surface area contributed by atoms with Crippen molar-refractivity contribution in [1.82, 2.24) is 0 Å². The van der Waals surface area contributed by atoms with E-state index in [-0.39, 0.29) is 6.79 Å². The van der Waals surface area contributed by atoms with E-state index in [0.717, 1.165) is 58.0 Å². The number of aryl methyl sites for hydroxylation is 1. The first-order chi connectivity index (χ1) is 21.5. The Balaban J connectivity index is 1.25. The van der Waals surface area contributed by atoms with Gasteiger partial charge in [0, 0.05) is 21.7 Å². The molecule has 0 spiro atoms. The van der Waals surface area contributed by atoms with E-state index in [2.05, 4.69) is 6.07 Å². The highest BCUT2D eigenvalue weighted by Crippen LogP contribution is 2.57. The van der Waals surface area contributed by atoms with Crippen molar-refractivity contribution in [1.29, 1.82) is 5.26 Å². The molecule has 4 atom stereocenters. The first-order valence-electron chi connectivity index (χ1n) is 14.8. The zero-order valence-electron chi connectivity index (χ0n) is 23.4. The first-order valence-corrected chi connectivity index (χ1v) is 15.6. The van der Waals surface area contributed by atoms with Crippen LogP contribution in [0.1, 0.15) is 45.9 Å². The minimum absolute atomic E-state index is 0.107. The van der Waals surface area contributed by atoms with Crippen LogP contribution >= 0.6 is 11.3 Å². The summed E-state index contributed by atoms with van der Waals surface area (Å²) in [6, 6.07) is 19.5. The summed E-state index contributed by atoms with van der Waals surface area (Å²) in [5, 5.41) is 12.3. The van der Waals surface area contributed by atoms with Gasteiger partial charge in [-0.3, -0.25) is 14.4 Å². The lowest BCUT2D eigenvalue weighted by Crippen LogP contribution is -2.42. The average molecular weight is 601 g/mol. The molecule has 44 heavy (non-hydrogen) atoms. The van der Waals surface area contributed by atoms with Crippen molar-refractivity contribution >= 4 is 50.5 Å². The Morgan fingerprint density at radius 3 is 2.61 bits per heavy atom. The predicted molar refractivity (Wildman–Crippen MR) is 162 cm³/mol. The molecule has 4 heterocycles. The maximum absolute atomic E-state index is 14.5. The van der Waals surface area contributed by atoms with Crippen molar-refractivity contribution in [2.24, 2.45) is 17.8 Å². The average Bonchev–Trinajstić information content (AvgIpc) is 3.74. The van der Waals surface area contributed by atoms with Crippen LogP contribution in [0.25, 0.3) is 16.3 Å². The highest BCUT2D eigenvalue weighted by Gasteiger charge is 2.61. The normalized spacial score (nSPS) is 24.7. The smallest absolute Gasteiger partial charge is 0.319 e. The molecule has 9 heteroatoms.